The molecule has 0 heterocycles. The summed E-state index contributed by atoms with van der Waals surface area (Å²) in [5.74, 6) is 1.67. The summed E-state index contributed by atoms with van der Waals surface area (Å²) in [5, 5.41) is 0. The van der Waals surface area contributed by atoms with Crippen LogP contribution in [-0.4, -0.2) is 13.2 Å². The molecule has 0 aromatic heterocycles. The van der Waals surface area contributed by atoms with Crippen molar-refractivity contribution in [1.29, 1.82) is 0 Å². The molecule has 0 N–H and O–H groups in total. The van der Waals surface area contributed by atoms with Crippen LogP contribution in [0.4, 0.5) is 0 Å². The number of allylic oxidation sites excluding steroid dienone is 1. The summed E-state index contributed by atoms with van der Waals surface area (Å²) in [5.41, 5.74) is 1.18. The molecule has 130 valence electrons. The second-order valence-corrected chi connectivity index (χ2v) is 5.88. The van der Waals surface area contributed by atoms with E-state index in [1.54, 1.807) is 0 Å². The lowest BCUT2D eigenvalue weighted by molar-refractivity contribution is 0.287. The van der Waals surface area contributed by atoms with Crippen LogP contribution in [0.1, 0.15) is 77.7 Å². The van der Waals surface area contributed by atoms with Gasteiger partial charge in [0.05, 0.1) is 13.2 Å². The van der Waals surface area contributed by atoms with Crippen LogP contribution >= 0.6 is 0 Å². The zero-order chi connectivity index (χ0) is 16.8. The molecule has 23 heavy (non-hydrogen) atoms. The van der Waals surface area contributed by atoms with Crippen molar-refractivity contribution in [3.63, 3.8) is 0 Å². The minimum absolute atomic E-state index is 0.658. The zero-order valence-corrected chi connectivity index (χ0v) is 15.3. The third kappa shape index (κ3) is 8.68. The maximum atomic E-state index is 5.66. The van der Waals surface area contributed by atoms with Gasteiger partial charge >= 0.3 is 0 Å². The summed E-state index contributed by atoms with van der Waals surface area (Å²) < 4.78 is 11.3. The zero-order valence-electron chi connectivity index (χ0n) is 15.3. The molecule has 2 heteroatoms. The van der Waals surface area contributed by atoms with Crippen LogP contribution in [0.3, 0.4) is 0 Å². The molecule has 0 aliphatic rings. The molecule has 0 unspecified atom stereocenters. The highest BCUT2D eigenvalue weighted by atomic mass is 16.5. The van der Waals surface area contributed by atoms with Crippen molar-refractivity contribution in [2.45, 2.75) is 72.1 Å². The number of hydrogen-bond acceptors (Lipinski definition) is 2. The number of rotatable bonds is 13. The predicted octanol–water partition coefficient (Wildman–Crippen LogP) is 6.64. The van der Waals surface area contributed by atoms with Crippen molar-refractivity contribution in [3.05, 3.63) is 29.8 Å². The Morgan fingerprint density at radius 2 is 1.43 bits per heavy atom. The molecule has 0 amide bonds. The summed E-state index contributed by atoms with van der Waals surface area (Å²) in [4.78, 5) is 0. The molecule has 0 spiro atoms. The molecular formula is C21H34O2. The van der Waals surface area contributed by atoms with Gasteiger partial charge in [0.1, 0.15) is 0 Å². The summed E-state index contributed by atoms with van der Waals surface area (Å²) in [6.45, 7) is 7.58. The molecule has 0 aliphatic heterocycles. The average molecular weight is 319 g/mol. The molecule has 1 aromatic carbocycles. The molecule has 0 fully saturated rings. The molecule has 1 aromatic rings. The van der Waals surface area contributed by atoms with Gasteiger partial charge < -0.3 is 9.47 Å². The van der Waals surface area contributed by atoms with Gasteiger partial charge in [0.15, 0.2) is 11.5 Å². The van der Waals surface area contributed by atoms with Crippen molar-refractivity contribution < 1.29 is 9.47 Å². The second-order valence-electron chi connectivity index (χ2n) is 5.88. The van der Waals surface area contributed by atoms with Crippen LogP contribution in [0.15, 0.2) is 24.3 Å². The fourth-order valence-corrected chi connectivity index (χ4v) is 2.61. The first-order valence-corrected chi connectivity index (χ1v) is 9.38. The molecule has 0 saturated carbocycles. The standard InChI is InChI=1S/C21H34O2/c1-4-7-8-9-10-11-12-13-14-15-19-16-17-20(22-5-2)21(18-19)23-6-3/h14-18H,4-13H2,1-3H3/b15-14+. The van der Waals surface area contributed by atoms with Crippen LogP contribution in [0.5, 0.6) is 11.5 Å². The first-order chi connectivity index (χ1) is 11.3. The molecule has 0 radical (unpaired) electrons. The lowest BCUT2D eigenvalue weighted by Gasteiger charge is -2.11. The Hall–Kier alpha value is -1.44. The van der Waals surface area contributed by atoms with Crippen molar-refractivity contribution in [2.24, 2.45) is 0 Å². The Morgan fingerprint density at radius 3 is 2.13 bits per heavy atom. The van der Waals surface area contributed by atoms with E-state index in [-0.39, 0.29) is 0 Å². The third-order valence-corrected chi connectivity index (χ3v) is 3.85. The predicted molar refractivity (Wildman–Crippen MR) is 100 cm³/mol. The van der Waals surface area contributed by atoms with Gasteiger partial charge in [-0.05, 0) is 44.4 Å². The highest BCUT2D eigenvalue weighted by Crippen LogP contribution is 2.29. The van der Waals surface area contributed by atoms with Gasteiger partial charge in [-0.3, -0.25) is 0 Å². The molecule has 0 saturated heterocycles. The fraction of sp³-hybridized carbons (Fsp3) is 0.619. The molecule has 0 aliphatic carbocycles. The van der Waals surface area contributed by atoms with Gasteiger partial charge in [-0.25, -0.2) is 0 Å². The first-order valence-electron chi connectivity index (χ1n) is 9.38. The van der Waals surface area contributed by atoms with Crippen molar-refractivity contribution in [3.8, 4) is 11.5 Å². The van der Waals surface area contributed by atoms with E-state index >= 15 is 0 Å². The summed E-state index contributed by atoms with van der Waals surface area (Å²) in [6.07, 6.45) is 15.2. The van der Waals surface area contributed by atoms with Gasteiger partial charge in [-0.15, -0.1) is 0 Å². The quantitative estimate of drug-likeness (QED) is 0.380. The summed E-state index contributed by atoms with van der Waals surface area (Å²) in [7, 11) is 0. The topological polar surface area (TPSA) is 18.5 Å². The van der Waals surface area contributed by atoms with E-state index in [4.69, 9.17) is 9.47 Å². The molecule has 2 nitrogen and oxygen atoms in total. The average Bonchev–Trinajstić information content (AvgIpc) is 2.56. The Labute approximate surface area is 142 Å². The maximum Gasteiger partial charge on any atom is 0.161 e. The smallest absolute Gasteiger partial charge is 0.161 e. The monoisotopic (exact) mass is 318 g/mol. The third-order valence-electron chi connectivity index (χ3n) is 3.85. The van der Waals surface area contributed by atoms with Gasteiger partial charge in [-0.2, -0.15) is 0 Å². The van der Waals surface area contributed by atoms with E-state index in [2.05, 4.69) is 31.2 Å². The van der Waals surface area contributed by atoms with Crippen molar-refractivity contribution in [1.82, 2.24) is 0 Å². The molecule has 0 bridgehead atoms. The summed E-state index contributed by atoms with van der Waals surface area (Å²) >= 11 is 0. The van der Waals surface area contributed by atoms with Gasteiger partial charge in [0.25, 0.3) is 0 Å². The summed E-state index contributed by atoms with van der Waals surface area (Å²) in [6, 6.07) is 6.16. The van der Waals surface area contributed by atoms with E-state index in [0.717, 1.165) is 17.9 Å². The number of benzene rings is 1. The van der Waals surface area contributed by atoms with E-state index in [9.17, 15) is 0 Å². The minimum Gasteiger partial charge on any atom is -0.490 e. The maximum absolute atomic E-state index is 5.66. The van der Waals surface area contributed by atoms with Gasteiger partial charge in [-0.1, -0.05) is 63.7 Å². The first kappa shape index (κ1) is 19.6. The van der Waals surface area contributed by atoms with Crippen molar-refractivity contribution >= 4 is 6.08 Å². The van der Waals surface area contributed by atoms with E-state index in [1.165, 1.54) is 50.5 Å². The van der Waals surface area contributed by atoms with Crippen molar-refractivity contribution in [2.75, 3.05) is 13.2 Å². The van der Waals surface area contributed by atoms with E-state index in [0.29, 0.717) is 13.2 Å². The lowest BCUT2D eigenvalue weighted by Crippen LogP contribution is -1.98. The Morgan fingerprint density at radius 1 is 0.783 bits per heavy atom. The normalized spacial score (nSPS) is 11.1. The number of unbranched alkanes of at least 4 members (excludes halogenated alkanes) is 7. The Balaban J connectivity index is 2.34. The fourth-order valence-electron chi connectivity index (χ4n) is 2.61. The highest BCUT2D eigenvalue weighted by Gasteiger charge is 2.04. The molecule has 0 atom stereocenters. The minimum atomic E-state index is 0.658. The van der Waals surface area contributed by atoms with E-state index in [1.807, 2.05) is 19.9 Å². The Bertz CT molecular complexity index is 437. The van der Waals surface area contributed by atoms with Gasteiger partial charge in [0, 0.05) is 0 Å². The lowest BCUT2D eigenvalue weighted by atomic mass is 10.1. The molecule has 1 rings (SSSR count). The van der Waals surface area contributed by atoms with E-state index < -0.39 is 0 Å². The van der Waals surface area contributed by atoms with Crippen LogP contribution in [0.2, 0.25) is 0 Å². The number of ether oxygens (including phenoxy) is 2. The SMILES string of the molecule is CCCCCCCCC/C=C/c1ccc(OCC)c(OCC)c1. The highest BCUT2D eigenvalue weighted by molar-refractivity contribution is 5.55. The second kappa shape index (κ2) is 13.0. The van der Waals surface area contributed by atoms with Gasteiger partial charge in [0.2, 0.25) is 0 Å². The van der Waals surface area contributed by atoms with Crippen LogP contribution < -0.4 is 9.47 Å². The molecular weight excluding hydrogens is 284 g/mol. The Kier molecular flexibility index (Phi) is 11.1. The van der Waals surface area contributed by atoms with Crippen LogP contribution in [0, 0.1) is 0 Å². The van der Waals surface area contributed by atoms with Crippen LogP contribution in [0.25, 0.3) is 6.08 Å². The largest absolute Gasteiger partial charge is 0.490 e. The number of hydrogen-bond donors (Lipinski definition) is 0. The van der Waals surface area contributed by atoms with Crippen LogP contribution in [-0.2, 0) is 0 Å².